The van der Waals surface area contributed by atoms with Crippen LogP contribution >= 0.6 is 0 Å². The third-order valence-electron chi connectivity index (χ3n) is 10.0. The van der Waals surface area contributed by atoms with E-state index >= 15 is 0 Å². The van der Waals surface area contributed by atoms with E-state index in [1.54, 1.807) is 24.3 Å². The Labute approximate surface area is 304 Å². The van der Waals surface area contributed by atoms with Crippen molar-refractivity contribution >= 4 is 49.3 Å². The summed E-state index contributed by atoms with van der Waals surface area (Å²) in [5.41, 5.74) is 10.4. The van der Waals surface area contributed by atoms with Crippen molar-refractivity contribution in [3.8, 4) is 45.9 Å². The van der Waals surface area contributed by atoms with Gasteiger partial charge in [-0.25, -0.2) is 4.85 Å². The van der Waals surface area contributed by atoms with Gasteiger partial charge in [-0.05, 0) is 91.0 Å². The van der Waals surface area contributed by atoms with Crippen LogP contribution in [0.5, 0.6) is 0 Å². The van der Waals surface area contributed by atoms with E-state index in [0.717, 1.165) is 50.0 Å². The van der Waals surface area contributed by atoms with Gasteiger partial charge in [0, 0.05) is 49.7 Å². The normalized spacial score (nSPS) is 11.4. The molecular formula is C46H27N7. The van der Waals surface area contributed by atoms with Crippen molar-refractivity contribution in [1.29, 1.82) is 5.26 Å². The first-order chi connectivity index (χ1) is 26.2. The molecule has 0 amide bonds. The van der Waals surface area contributed by atoms with Gasteiger partial charge >= 0.3 is 0 Å². The summed E-state index contributed by atoms with van der Waals surface area (Å²) >= 11 is 0. The molecule has 3 aromatic heterocycles. The monoisotopic (exact) mass is 677 g/mol. The molecule has 10 rings (SSSR count). The van der Waals surface area contributed by atoms with Gasteiger partial charge in [0.25, 0.3) is 0 Å². The predicted molar refractivity (Wildman–Crippen MR) is 212 cm³/mol. The first kappa shape index (κ1) is 30.1. The van der Waals surface area contributed by atoms with Crippen LogP contribution in [-0.2, 0) is 0 Å². The summed E-state index contributed by atoms with van der Waals surface area (Å²) < 4.78 is 6.70. The number of rotatable bonds is 5. The third-order valence-corrected chi connectivity index (χ3v) is 10.0. The first-order valence-electron chi connectivity index (χ1n) is 17.3. The highest BCUT2D eigenvalue weighted by molar-refractivity contribution is 6.11. The quantitative estimate of drug-likeness (QED) is 0.170. The molecular weight excluding hydrogens is 651 g/mol. The molecule has 7 aromatic carbocycles. The van der Waals surface area contributed by atoms with Crippen molar-refractivity contribution in [1.82, 2.24) is 23.9 Å². The highest BCUT2D eigenvalue weighted by atomic mass is 15.3. The van der Waals surface area contributed by atoms with Gasteiger partial charge in [-0.15, -0.1) is 10.2 Å². The van der Waals surface area contributed by atoms with Crippen molar-refractivity contribution in [2.75, 3.05) is 0 Å². The van der Waals surface area contributed by atoms with Gasteiger partial charge in [0.2, 0.25) is 0 Å². The van der Waals surface area contributed by atoms with E-state index < -0.39 is 0 Å². The van der Waals surface area contributed by atoms with Crippen LogP contribution in [0.2, 0.25) is 0 Å². The molecule has 10 aromatic rings. The number of fused-ring (bicyclic) bond motifs is 6. The standard InChI is InChI=1S/C46H27N7/c1-48-33-22-24-34(25-23-33)53-45(31-19-17-30(29-47)18-20-31)49-50-46(53)32-21-26-44-40(27-32)39-13-4-7-16-43(39)52(44)36-10-8-9-35(28-36)51-41-14-5-2-11-37(41)38-12-3-6-15-42(38)51/h2-28H. The topological polar surface area (TPSA) is 68.7 Å². The lowest BCUT2D eigenvalue weighted by Crippen LogP contribution is -2.00. The minimum atomic E-state index is 0.555. The average molecular weight is 678 g/mol. The number of hydrogen-bond donors (Lipinski definition) is 0. The Morgan fingerprint density at radius 1 is 0.453 bits per heavy atom. The highest BCUT2D eigenvalue weighted by Crippen LogP contribution is 2.38. The molecule has 0 unspecified atom stereocenters. The smallest absolute Gasteiger partial charge is 0.187 e. The Kier molecular flexibility index (Phi) is 6.79. The Balaban J connectivity index is 1.16. The molecule has 0 saturated carbocycles. The van der Waals surface area contributed by atoms with Crippen molar-refractivity contribution in [3.05, 3.63) is 181 Å². The molecule has 53 heavy (non-hydrogen) atoms. The van der Waals surface area contributed by atoms with E-state index in [9.17, 15) is 5.26 Å². The van der Waals surface area contributed by atoms with E-state index in [0.29, 0.717) is 22.9 Å². The number of hydrogen-bond acceptors (Lipinski definition) is 3. The zero-order valence-corrected chi connectivity index (χ0v) is 28.2. The van der Waals surface area contributed by atoms with Gasteiger partial charge in [-0.1, -0.05) is 72.8 Å². The maximum atomic E-state index is 9.39. The molecule has 3 heterocycles. The molecule has 0 spiro atoms. The lowest BCUT2D eigenvalue weighted by molar-refractivity contribution is 1.07. The molecule has 0 fully saturated rings. The second kappa shape index (κ2) is 11.9. The largest absolute Gasteiger partial charge is 0.309 e. The Bertz CT molecular complexity index is 3070. The number of para-hydroxylation sites is 3. The van der Waals surface area contributed by atoms with Crippen LogP contribution < -0.4 is 0 Å². The van der Waals surface area contributed by atoms with Crippen LogP contribution in [0.15, 0.2) is 164 Å². The third kappa shape index (κ3) is 4.73. The molecule has 0 aliphatic rings. The molecule has 7 nitrogen and oxygen atoms in total. The molecule has 0 bridgehead atoms. The molecule has 0 radical (unpaired) electrons. The van der Waals surface area contributed by atoms with Crippen LogP contribution in [0.25, 0.3) is 88.3 Å². The predicted octanol–water partition coefficient (Wildman–Crippen LogP) is 11.2. The fourth-order valence-corrected chi connectivity index (χ4v) is 7.63. The second-order valence-electron chi connectivity index (χ2n) is 13.0. The van der Waals surface area contributed by atoms with Crippen LogP contribution in [0.3, 0.4) is 0 Å². The minimum Gasteiger partial charge on any atom is -0.309 e. The lowest BCUT2D eigenvalue weighted by atomic mass is 10.1. The van der Waals surface area contributed by atoms with Crippen LogP contribution in [0, 0.1) is 17.9 Å². The summed E-state index contributed by atoms with van der Waals surface area (Å²) in [5.74, 6) is 1.32. The summed E-state index contributed by atoms with van der Waals surface area (Å²) in [7, 11) is 0. The second-order valence-corrected chi connectivity index (χ2v) is 13.0. The Morgan fingerprint density at radius 3 is 1.53 bits per heavy atom. The summed E-state index contributed by atoms with van der Waals surface area (Å²) in [6.07, 6.45) is 0. The van der Waals surface area contributed by atoms with Gasteiger partial charge in [-0.2, -0.15) is 5.26 Å². The number of benzene rings is 7. The molecule has 0 atom stereocenters. The van der Waals surface area contributed by atoms with Crippen LogP contribution in [0.1, 0.15) is 5.56 Å². The van der Waals surface area contributed by atoms with E-state index in [1.807, 2.05) is 28.8 Å². The number of aromatic nitrogens is 5. The van der Waals surface area contributed by atoms with Gasteiger partial charge in [0.05, 0.1) is 40.3 Å². The molecule has 0 N–H and O–H groups in total. The minimum absolute atomic E-state index is 0.555. The van der Waals surface area contributed by atoms with Gasteiger partial charge < -0.3 is 9.13 Å². The SMILES string of the molecule is [C-]#[N+]c1ccc(-n2c(-c3ccc(C#N)cc3)nnc2-c2ccc3c(c2)c2ccccc2n3-c2cccc(-n3c4ccccc4c4ccccc43)c2)cc1. The number of nitriles is 1. The Hall–Kier alpha value is -7.74. The van der Waals surface area contributed by atoms with Crippen molar-refractivity contribution in [2.24, 2.45) is 0 Å². The Morgan fingerprint density at radius 2 is 0.962 bits per heavy atom. The molecule has 0 aliphatic carbocycles. The summed E-state index contributed by atoms with van der Waals surface area (Å²) in [6.45, 7) is 7.46. The summed E-state index contributed by atoms with van der Waals surface area (Å²) in [5, 5.41) is 23.5. The van der Waals surface area contributed by atoms with Crippen molar-refractivity contribution in [2.45, 2.75) is 0 Å². The van der Waals surface area contributed by atoms with E-state index in [4.69, 9.17) is 11.7 Å². The number of nitrogens with zero attached hydrogens (tertiary/aromatic N) is 7. The van der Waals surface area contributed by atoms with E-state index in [1.165, 1.54) is 21.8 Å². The average Bonchev–Trinajstić information content (AvgIpc) is 3.91. The summed E-state index contributed by atoms with van der Waals surface area (Å²) in [4.78, 5) is 3.59. The first-order valence-corrected chi connectivity index (χ1v) is 17.3. The zero-order chi connectivity index (χ0) is 35.5. The zero-order valence-electron chi connectivity index (χ0n) is 28.2. The van der Waals surface area contributed by atoms with Gasteiger partial charge in [-0.3, -0.25) is 4.57 Å². The molecule has 246 valence electrons. The molecule has 0 saturated heterocycles. The molecule has 0 aliphatic heterocycles. The maximum absolute atomic E-state index is 9.39. The fourth-order valence-electron chi connectivity index (χ4n) is 7.63. The highest BCUT2D eigenvalue weighted by Gasteiger charge is 2.20. The van der Waals surface area contributed by atoms with Crippen LogP contribution in [-0.4, -0.2) is 23.9 Å². The van der Waals surface area contributed by atoms with Crippen molar-refractivity contribution < 1.29 is 0 Å². The molecule has 7 heteroatoms. The van der Waals surface area contributed by atoms with E-state index in [-0.39, 0.29) is 0 Å². The summed E-state index contributed by atoms with van der Waals surface area (Å²) in [6, 6.07) is 57.9. The van der Waals surface area contributed by atoms with Crippen molar-refractivity contribution in [3.63, 3.8) is 0 Å². The lowest BCUT2D eigenvalue weighted by Gasteiger charge is -2.13. The van der Waals surface area contributed by atoms with Gasteiger partial charge in [0.1, 0.15) is 0 Å². The van der Waals surface area contributed by atoms with Gasteiger partial charge in [0.15, 0.2) is 17.3 Å². The maximum Gasteiger partial charge on any atom is 0.187 e. The van der Waals surface area contributed by atoms with E-state index in [2.05, 4.69) is 140 Å². The fraction of sp³-hybridized carbons (Fsp3) is 0. The van der Waals surface area contributed by atoms with Crippen LogP contribution in [0.4, 0.5) is 5.69 Å².